The number of ether oxygens (including phenoxy) is 1. The van der Waals surface area contributed by atoms with Gasteiger partial charge in [0.2, 0.25) is 5.78 Å². The van der Waals surface area contributed by atoms with Crippen LogP contribution in [0.1, 0.15) is 52.9 Å². The summed E-state index contributed by atoms with van der Waals surface area (Å²) in [5.74, 6) is -0.198. The fourth-order valence-corrected chi connectivity index (χ4v) is 4.11. The van der Waals surface area contributed by atoms with Crippen molar-refractivity contribution in [1.29, 1.82) is 0 Å². The molecule has 1 saturated heterocycles. The van der Waals surface area contributed by atoms with Crippen molar-refractivity contribution in [2.24, 2.45) is 5.41 Å². The van der Waals surface area contributed by atoms with Crippen molar-refractivity contribution in [3.63, 3.8) is 0 Å². The maximum Gasteiger partial charge on any atom is 0.291 e. The van der Waals surface area contributed by atoms with E-state index < -0.39 is 28.8 Å². The number of carbonyl (C=O) groups excluding carboxylic acids is 2. The normalized spacial score (nSPS) is 21.6. The fourth-order valence-electron chi connectivity index (χ4n) is 2.94. The molecular weight excluding hydrogens is 350 g/mol. The van der Waals surface area contributed by atoms with Crippen LogP contribution in [0.4, 0.5) is 0 Å². The monoisotopic (exact) mass is 381 g/mol. The van der Waals surface area contributed by atoms with Gasteiger partial charge in [-0.25, -0.2) is 0 Å². The highest BCUT2D eigenvalue weighted by Gasteiger charge is 2.41. The molecule has 0 aromatic heterocycles. The highest BCUT2D eigenvalue weighted by atomic mass is 32.2. The molecule has 0 aromatic rings. The maximum atomic E-state index is 12.6. The number of allylic oxidation sites excluding steroid dienone is 4. The van der Waals surface area contributed by atoms with E-state index >= 15 is 0 Å². The average molecular weight is 382 g/mol. The molecule has 5 nitrogen and oxygen atoms in total. The first-order valence-corrected chi connectivity index (χ1v) is 10.5. The van der Waals surface area contributed by atoms with Crippen molar-refractivity contribution < 1.29 is 19.4 Å². The summed E-state index contributed by atoms with van der Waals surface area (Å²) in [4.78, 5) is 26.5. The lowest BCUT2D eigenvalue weighted by Crippen LogP contribution is -2.48. The van der Waals surface area contributed by atoms with Crippen molar-refractivity contribution in [2.75, 3.05) is 18.9 Å². The van der Waals surface area contributed by atoms with Crippen LogP contribution in [0.25, 0.3) is 0 Å². The van der Waals surface area contributed by atoms with E-state index in [2.05, 4.69) is 18.2 Å². The van der Waals surface area contributed by atoms with Crippen molar-refractivity contribution in [3.8, 4) is 0 Å². The third-order valence-electron chi connectivity index (χ3n) is 5.10. The Morgan fingerprint density at radius 2 is 2.19 bits per heavy atom. The predicted molar refractivity (Wildman–Crippen MR) is 105 cm³/mol. The number of nitrogens with zero attached hydrogens (tertiary/aromatic N) is 1. The van der Waals surface area contributed by atoms with E-state index in [-0.39, 0.29) is 0 Å². The number of Topliss-reactive ketones (excluding diaryl/α,β-unsaturated/α-hetero) is 1. The SMILES string of the molecule is CCC(C)(C)C(=O)C(=O)N1CCS[C@@H]1C(O)OCCCC1=CCCC=C1. The van der Waals surface area contributed by atoms with Crippen molar-refractivity contribution in [1.82, 2.24) is 4.90 Å². The minimum Gasteiger partial charge on any atom is -0.366 e. The Bertz CT molecular complexity index is 570. The summed E-state index contributed by atoms with van der Waals surface area (Å²) in [6.07, 6.45) is 10.0. The van der Waals surface area contributed by atoms with E-state index in [0.29, 0.717) is 25.3 Å². The number of hydrogen-bond donors (Lipinski definition) is 1. The number of hydrogen-bond acceptors (Lipinski definition) is 5. The Hall–Kier alpha value is -1.11. The number of rotatable bonds is 9. The van der Waals surface area contributed by atoms with Gasteiger partial charge in [0.1, 0.15) is 5.37 Å². The van der Waals surface area contributed by atoms with Gasteiger partial charge in [-0.3, -0.25) is 9.59 Å². The van der Waals surface area contributed by atoms with E-state index in [1.54, 1.807) is 13.8 Å². The fraction of sp³-hybridized carbons (Fsp3) is 0.700. The average Bonchev–Trinajstić information content (AvgIpc) is 3.14. The first-order valence-electron chi connectivity index (χ1n) is 9.49. The number of carbonyl (C=O) groups is 2. The molecule has 1 unspecified atom stereocenters. The smallest absolute Gasteiger partial charge is 0.291 e. The van der Waals surface area contributed by atoms with Gasteiger partial charge in [0.05, 0.1) is 6.61 Å². The highest BCUT2D eigenvalue weighted by Crippen LogP contribution is 2.30. The Labute approximate surface area is 160 Å². The second-order valence-electron chi connectivity index (χ2n) is 7.45. The van der Waals surface area contributed by atoms with Crippen molar-refractivity contribution in [2.45, 2.75) is 64.5 Å². The Balaban J connectivity index is 1.82. The van der Waals surface area contributed by atoms with Crippen LogP contribution in [-0.4, -0.2) is 52.3 Å². The summed E-state index contributed by atoms with van der Waals surface area (Å²) in [7, 11) is 0. The molecule has 0 aromatic carbocycles. The van der Waals surface area contributed by atoms with Crippen LogP contribution in [0.15, 0.2) is 23.8 Å². The first-order chi connectivity index (χ1) is 12.4. The number of amides is 1. The van der Waals surface area contributed by atoms with Gasteiger partial charge in [0.25, 0.3) is 5.91 Å². The van der Waals surface area contributed by atoms with E-state index in [4.69, 9.17) is 4.74 Å². The number of ketones is 1. The molecule has 2 aliphatic rings. The Morgan fingerprint density at radius 3 is 2.85 bits per heavy atom. The van der Waals surface area contributed by atoms with Gasteiger partial charge in [-0.1, -0.05) is 44.6 Å². The van der Waals surface area contributed by atoms with Gasteiger partial charge in [0.15, 0.2) is 6.29 Å². The quantitative estimate of drug-likeness (QED) is 0.377. The lowest BCUT2D eigenvalue weighted by atomic mass is 9.84. The summed E-state index contributed by atoms with van der Waals surface area (Å²) >= 11 is 1.46. The van der Waals surface area contributed by atoms with E-state index in [9.17, 15) is 14.7 Å². The summed E-state index contributed by atoms with van der Waals surface area (Å²) in [5, 5.41) is 9.86. The predicted octanol–water partition coefficient (Wildman–Crippen LogP) is 3.28. The minimum atomic E-state index is -1.07. The van der Waals surface area contributed by atoms with E-state index in [1.807, 2.05) is 6.92 Å². The van der Waals surface area contributed by atoms with Gasteiger partial charge < -0.3 is 14.7 Å². The Morgan fingerprint density at radius 1 is 1.42 bits per heavy atom. The number of thioether (sulfide) groups is 1. The lowest BCUT2D eigenvalue weighted by Gasteiger charge is -2.30. The van der Waals surface area contributed by atoms with Gasteiger partial charge >= 0.3 is 0 Å². The van der Waals surface area contributed by atoms with Crippen LogP contribution in [0.2, 0.25) is 0 Å². The third kappa shape index (κ3) is 5.44. The minimum absolute atomic E-state index is 0.393. The molecule has 26 heavy (non-hydrogen) atoms. The van der Waals surface area contributed by atoms with Crippen LogP contribution in [0, 0.1) is 5.41 Å². The van der Waals surface area contributed by atoms with Gasteiger partial charge in [0, 0.05) is 17.7 Å². The standard InChI is InChI=1S/C20H31NO4S/c1-4-20(2,3)16(22)17(23)21-12-14-26-18(21)19(24)25-13-8-11-15-9-6-5-7-10-15/h6,9-10,18-19,24H,4-5,7-8,11-14H2,1-3H3/t18-,19?/m1/s1. The first kappa shape index (κ1) is 21.2. The molecule has 0 radical (unpaired) electrons. The second-order valence-corrected chi connectivity index (χ2v) is 8.67. The van der Waals surface area contributed by atoms with Crippen molar-refractivity contribution >= 4 is 23.5 Å². The highest BCUT2D eigenvalue weighted by molar-refractivity contribution is 8.00. The van der Waals surface area contributed by atoms with Crippen LogP contribution in [-0.2, 0) is 14.3 Å². The molecule has 0 spiro atoms. The van der Waals surface area contributed by atoms with Crippen LogP contribution >= 0.6 is 11.8 Å². The zero-order chi connectivity index (χ0) is 19.2. The Kier molecular flexibility index (Phi) is 7.92. The molecule has 2 rings (SSSR count). The molecule has 1 N–H and O–H groups in total. The largest absolute Gasteiger partial charge is 0.366 e. The molecule has 2 atom stereocenters. The van der Waals surface area contributed by atoms with Gasteiger partial charge in [-0.15, -0.1) is 11.8 Å². The van der Waals surface area contributed by atoms with Gasteiger partial charge in [-0.2, -0.15) is 0 Å². The van der Waals surface area contributed by atoms with E-state index in [1.165, 1.54) is 22.2 Å². The molecule has 0 bridgehead atoms. The molecule has 1 aliphatic heterocycles. The molecule has 1 fully saturated rings. The topological polar surface area (TPSA) is 66.8 Å². The number of aliphatic hydroxyl groups excluding tert-OH is 1. The third-order valence-corrected chi connectivity index (χ3v) is 6.34. The molecular formula is C20H31NO4S. The molecule has 6 heteroatoms. The zero-order valence-electron chi connectivity index (χ0n) is 16.1. The van der Waals surface area contributed by atoms with Crippen LogP contribution in [0.5, 0.6) is 0 Å². The summed E-state index contributed by atoms with van der Waals surface area (Å²) in [6.45, 7) is 6.37. The molecule has 1 aliphatic carbocycles. The van der Waals surface area contributed by atoms with Crippen LogP contribution < -0.4 is 0 Å². The molecule has 1 amide bonds. The van der Waals surface area contributed by atoms with E-state index in [0.717, 1.165) is 25.7 Å². The second kappa shape index (κ2) is 9.72. The van der Waals surface area contributed by atoms with Gasteiger partial charge in [-0.05, 0) is 32.1 Å². The number of aliphatic hydroxyl groups is 1. The maximum absolute atomic E-state index is 12.6. The molecule has 0 saturated carbocycles. The lowest BCUT2D eigenvalue weighted by molar-refractivity contribution is -0.157. The zero-order valence-corrected chi connectivity index (χ0v) is 16.9. The summed E-state index contributed by atoms with van der Waals surface area (Å²) in [5.41, 5.74) is 0.635. The molecule has 1 heterocycles. The summed E-state index contributed by atoms with van der Waals surface area (Å²) < 4.78 is 5.57. The summed E-state index contributed by atoms with van der Waals surface area (Å²) in [6, 6.07) is 0. The van der Waals surface area contributed by atoms with Crippen LogP contribution in [0.3, 0.4) is 0 Å². The van der Waals surface area contributed by atoms with Crippen molar-refractivity contribution in [3.05, 3.63) is 23.8 Å². The molecule has 146 valence electrons.